The van der Waals surface area contributed by atoms with Crippen LogP contribution in [0.2, 0.25) is 0 Å². The molecule has 1 rings (SSSR count). The number of carbonyl (C=O) groups is 1. The Morgan fingerprint density at radius 1 is 1.42 bits per heavy atom. The highest BCUT2D eigenvalue weighted by Gasteiger charge is 2.13. The molecule has 1 aromatic carbocycles. The fourth-order valence-electron chi connectivity index (χ4n) is 1.53. The molecule has 0 bridgehead atoms. The Labute approximate surface area is 113 Å². The fourth-order valence-corrected chi connectivity index (χ4v) is 2.10. The Hall–Kier alpha value is -1.60. The minimum atomic E-state index is -3.73. The maximum Gasteiger partial charge on any atom is 0.315 e. The Kier molecular flexibility index (Phi) is 5.31. The standard InChI is InChI=1S/C12H19N3O3S/c1-3-7-14-12(16)15-9(2)10-5-4-6-11(8-10)19(13,17)18/h4-6,8-9H,3,7H2,1-2H3,(H2,13,17,18)(H2,14,15,16). The number of primary sulfonamides is 1. The van der Waals surface area contributed by atoms with E-state index in [0.29, 0.717) is 12.1 Å². The number of sulfonamides is 1. The summed E-state index contributed by atoms with van der Waals surface area (Å²) in [6.45, 7) is 4.32. The van der Waals surface area contributed by atoms with E-state index in [1.165, 1.54) is 12.1 Å². The summed E-state index contributed by atoms with van der Waals surface area (Å²) < 4.78 is 22.5. The van der Waals surface area contributed by atoms with Crippen molar-refractivity contribution in [2.45, 2.75) is 31.2 Å². The van der Waals surface area contributed by atoms with Gasteiger partial charge >= 0.3 is 6.03 Å². The lowest BCUT2D eigenvalue weighted by molar-refractivity contribution is 0.238. The lowest BCUT2D eigenvalue weighted by atomic mass is 10.1. The third kappa shape index (κ3) is 4.88. The van der Waals surface area contributed by atoms with Crippen molar-refractivity contribution in [3.8, 4) is 0 Å². The van der Waals surface area contributed by atoms with Gasteiger partial charge in [0.2, 0.25) is 10.0 Å². The second kappa shape index (κ2) is 6.53. The number of hydrogen-bond donors (Lipinski definition) is 3. The van der Waals surface area contributed by atoms with Gasteiger partial charge in [-0.05, 0) is 31.0 Å². The van der Waals surface area contributed by atoms with Crippen LogP contribution in [0, 0.1) is 0 Å². The van der Waals surface area contributed by atoms with E-state index in [4.69, 9.17) is 5.14 Å². The van der Waals surface area contributed by atoms with Gasteiger partial charge in [-0.25, -0.2) is 18.4 Å². The number of amides is 2. The minimum absolute atomic E-state index is 0.0348. The van der Waals surface area contributed by atoms with E-state index < -0.39 is 10.0 Å². The summed E-state index contributed by atoms with van der Waals surface area (Å²) in [7, 11) is -3.73. The van der Waals surface area contributed by atoms with Crippen LogP contribution in [-0.4, -0.2) is 21.0 Å². The van der Waals surface area contributed by atoms with Crippen LogP contribution in [0.3, 0.4) is 0 Å². The highest BCUT2D eigenvalue weighted by molar-refractivity contribution is 7.89. The van der Waals surface area contributed by atoms with E-state index in [1.54, 1.807) is 19.1 Å². The number of benzene rings is 1. The first-order chi connectivity index (χ1) is 8.84. The molecule has 0 aliphatic heterocycles. The smallest absolute Gasteiger partial charge is 0.315 e. The van der Waals surface area contributed by atoms with Gasteiger partial charge in [-0.3, -0.25) is 0 Å². The number of rotatable bonds is 5. The Balaban J connectivity index is 2.77. The largest absolute Gasteiger partial charge is 0.338 e. The number of nitrogens with one attached hydrogen (secondary N) is 2. The van der Waals surface area contributed by atoms with E-state index in [0.717, 1.165) is 6.42 Å². The topological polar surface area (TPSA) is 101 Å². The minimum Gasteiger partial charge on any atom is -0.338 e. The second-order valence-electron chi connectivity index (χ2n) is 4.24. The molecule has 0 saturated carbocycles. The quantitative estimate of drug-likeness (QED) is 0.755. The SMILES string of the molecule is CCCNC(=O)NC(C)c1cccc(S(N)(=O)=O)c1. The van der Waals surface area contributed by atoms with Crippen molar-refractivity contribution in [1.82, 2.24) is 10.6 Å². The molecule has 0 aliphatic rings. The predicted octanol–water partition coefficient (Wildman–Crippen LogP) is 1.10. The van der Waals surface area contributed by atoms with Crippen molar-refractivity contribution in [1.29, 1.82) is 0 Å². The summed E-state index contributed by atoms with van der Waals surface area (Å²) in [6.07, 6.45) is 0.850. The predicted molar refractivity (Wildman–Crippen MR) is 73.1 cm³/mol. The normalized spacial score (nSPS) is 12.8. The molecule has 7 heteroatoms. The fraction of sp³-hybridized carbons (Fsp3) is 0.417. The number of hydrogen-bond acceptors (Lipinski definition) is 3. The molecule has 4 N–H and O–H groups in total. The number of carbonyl (C=O) groups excluding carboxylic acids is 1. The molecule has 1 aromatic rings. The van der Waals surface area contributed by atoms with E-state index >= 15 is 0 Å². The van der Waals surface area contributed by atoms with Gasteiger partial charge in [-0.15, -0.1) is 0 Å². The third-order valence-corrected chi connectivity index (χ3v) is 3.48. The summed E-state index contributed by atoms with van der Waals surface area (Å²) in [4.78, 5) is 11.5. The Bertz CT molecular complexity index is 543. The number of urea groups is 1. The van der Waals surface area contributed by atoms with Crippen LogP contribution >= 0.6 is 0 Å². The van der Waals surface area contributed by atoms with Crippen LogP contribution in [0.15, 0.2) is 29.2 Å². The van der Waals surface area contributed by atoms with Gasteiger partial charge < -0.3 is 10.6 Å². The molecule has 0 aliphatic carbocycles. The molecule has 1 atom stereocenters. The zero-order valence-electron chi connectivity index (χ0n) is 11.0. The van der Waals surface area contributed by atoms with Gasteiger partial charge in [0.05, 0.1) is 10.9 Å². The van der Waals surface area contributed by atoms with Crippen LogP contribution in [0.25, 0.3) is 0 Å². The van der Waals surface area contributed by atoms with Gasteiger partial charge in [0.25, 0.3) is 0 Å². The molecular weight excluding hydrogens is 266 g/mol. The monoisotopic (exact) mass is 285 g/mol. The molecule has 6 nitrogen and oxygen atoms in total. The van der Waals surface area contributed by atoms with E-state index in [1.807, 2.05) is 6.92 Å². The van der Waals surface area contributed by atoms with Crippen molar-refractivity contribution in [2.24, 2.45) is 5.14 Å². The Morgan fingerprint density at radius 3 is 2.68 bits per heavy atom. The van der Waals surface area contributed by atoms with Crippen LogP contribution in [0.1, 0.15) is 31.9 Å². The maximum absolute atomic E-state index is 11.5. The van der Waals surface area contributed by atoms with Gasteiger partial charge in [0.15, 0.2) is 0 Å². The molecule has 0 fully saturated rings. The van der Waals surface area contributed by atoms with Crippen molar-refractivity contribution >= 4 is 16.1 Å². The maximum atomic E-state index is 11.5. The number of nitrogens with two attached hydrogens (primary N) is 1. The first-order valence-electron chi connectivity index (χ1n) is 6.01. The highest BCUT2D eigenvalue weighted by atomic mass is 32.2. The third-order valence-electron chi connectivity index (χ3n) is 2.57. The van der Waals surface area contributed by atoms with Gasteiger partial charge in [0.1, 0.15) is 0 Å². The molecule has 0 aromatic heterocycles. The van der Waals surface area contributed by atoms with E-state index in [-0.39, 0.29) is 17.0 Å². The molecule has 0 spiro atoms. The first-order valence-corrected chi connectivity index (χ1v) is 7.56. The summed E-state index contributed by atoms with van der Waals surface area (Å²) in [5, 5.41) is 10.5. The van der Waals surface area contributed by atoms with Gasteiger partial charge in [-0.1, -0.05) is 19.1 Å². The molecule has 0 heterocycles. The van der Waals surface area contributed by atoms with Crippen molar-refractivity contribution in [3.63, 3.8) is 0 Å². The van der Waals surface area contributed by atoms with Crippen LogP contribution in [0.5, 0.6) is 0 Å². The summed E-state index contributed by atoms with van der Waals surface area (Å²) in [5.74, 6) is 0. The van der Waals surface area contributed by atoms with Gasteiger partial charge in [0, 0.05) is 6.54 Å². The molecule has 0 radical (unpaired) electrons. The van der Waals surface area contributed by atoms with Crippen molar-refractivity contribution < 1.29 is 13.2 Å². The molecule has 1 unspecified atom stereocenters. The molecule has 106 valence electrons. The average Bonchev–Trinajstić information content (AvgIpc) is 2.35. The van der Waals surface area contributed by atoms with Crippen LogP contribution in [-0.2, 0) is 10.0 Å². The molecular formula is C12H19N3O3S. The average molecular weight is 285 g/mol. The summed E-state index contributed by atoms with van der Waals surface area (Å²) in [5.41, 5.74) is 0.679. The van der Waals surface area contributed by atoms with Gasteiger partial charge in [-0.2, -0.15) is 0 Å². The van der Waals surface area contributed by atoms with E-state index in [9.17, 15) is 13.2 Å². The summed E-state index contributed by atoms with van der Waals surface area (Å²) >= 11 is 0. The van der Waals surface area contributed by atoms with E-state index in [2.05, 4.69) is 10.6 Å². The molecule has 0 saturated heterocycles. The molecule has 19 heavy (non-hydrogen) atoms. The van der Waals surface area contributed by atoms with Crippen molar-refractivity contribution in [3.05, 3.63) is 29.8 Å². The second-order valence-corrected chi connectivity index (χ2v) is 5.80. The molecule has 2 amide bonds. The van der Waals surface area contributed by atoms with Crippen molar-refractivity contribution in [2.75, 3.05) is 6.54 Å². The first kappa shape index (κ1) is 15.5. The Morgan fingerprint density at radius 2 is 2.11 bits per heavy atom. The lowest BCUT2D eigenvalue weighted by Crippen LogP contribution is -2.37. The van der Waals surface area contributed by atoms with Crippen LogP contribution in [0.4, 0.5) is 4.79 Å². The zero-order valence-corrected chi connectivity index (χ0v) is 11.8. The zero-order chi connectivity index (χ0) is 14.5. The highest BCUT2D eigenvalue weighted by Crippen LogP contribution is 2.16. The lowest BCUT2D eigenvalue weighted by Gasteiger charge is -2.15. The summed E-state index contributed by atoms with van der Waals surface area (Å²) in [6, 6.07) is 5.62. The van der Waals surface area contributed by atoms with Crippen LogP contribution < -0.4 is 15.8 Å².